The largest absolute Gasteiger partial charge is 0.494 e. The maximum Gasteiger partial charge on any atom is 0.201 e. The molecule has 0 saturated heterocycles. The fourth-order valence-electron chi connectivity index (χ4n) is 3.87. The molecule has 3 rings (SSSR count). The maximum atomic E-state index is 6.26. The number of imidazole rings is 1. The molecule has 0 aliphatic heterocycles. The summed E-state index contributed by atoms with van der Waals surface area (Å²) in [7, 11) is 1.68. The molecule has 0 radical (unpaired) electrons. The monoisotopic (exact) mass is 287 g/mol. The Morgan fingerprint density at radius 1 is 1.33 bits per heavy atom. The minimum atomic E-state index is 0.447. The molecule has 4 heteroatoms. The lowest BCUT2D eigenvalue weighted by Gasteiger charge is -2.31. The molecular formula is C17H25N3O. The number of aromatic nitrogens is 2. The van der Waals surface area contributed by atoms with Gasteiger partial charge in [0.2, 0.25) is 5.95 Å². The Hall–Kier alpha value is -1.71. The van der Waals surface area contributed by atoms with E-state index in [2.05, 4.69) is 22.5 Å². The van der Waals surface area contributed by atoms with Crippen LogP contribution in [0, 0.1) is 5.92 Å². The van der Waals surface area contributed by atoms with E-state index in [0.29, 0.717) is 12.0 Å². The van der Waals surface area contributed by atoms with E-state index in [1.54, 1.807) is 7.11 Å². The van der Waals surface area contributed by atoms with Crippen LogP contribution in [0.15, 0.2) is 18.2 Å². The Bertz CT molecular complexity index is 614. The zero-order chi connectivity index (χ0) is 14.8. The number of methoxy groups -OCH3 is 1. The molecule has 1 heterocycles. The van der Waals surface area contributed by atoms with Crippen LogP contribution < -0.4 is 10.5 Å². The second-order valence-corrected chi connectivity index (χ2v) is 6.04. The van der Waals surface area contributed by atoms with Gasteiger partial charge in [-0.3, -0.25) is 0 Å². The van der Waals surface area contributed by atoms with E-state index >= 15 is 0 Å². The van der Waals surface area contributed by atoms with Gasteiger partial charge < -0.3 is 15.0 Å². The van der Waals surface area contributed by atoms with E-state index in [0.717, 1.165) is 29.1 Å². The third-order valence-corrected chi connectivity index (χ3v) is 4.87. The van der Waals surface area contributed by atoms with Crippen molar-refractivity contribution < 1.29 is 4.74 Å². The fraction of sp³-hybridized carbons (Fsp3) is 0.588. The number of anilines is 1. The predicted molar refractivity (Wildman–Crippen MR) is 86.6 cm³/mol. The summed E-state index contributed by atoms with van der Waals surface area (Å²) in [6.45, 7) is 2.25. The van der Waals surface area contributed by atoms with Crippen LogP contribution in [-0.4, -0.2) is 16.7 Å². The van der Waals surface area contributed by atoms with Gasteiger partial charge in [-0.1, -0.05) is 32.3 Å². The molecule has 0 amide bonds. The number of hydrogen-bond acceptors (Lipinski definition) is 3. The van der Waals surface area contributed by atoms with E-state index in [1.807, 2.05) is 12.1 Å². The van der Waals surface area contributed by atoms with Gasteiger partial charge in [0.15, 0.2) is 0 Å². The molecule has 4 nitrogen and oxygen atoms in total. The highest BCUT2D eigenvalue weighted by atomic mass is 16.5. The van der Waals surface area contributed by atoms with Crippen LogP contribution >= 0.6 is 0 Å². The molecule has 1 unspecified atom stereocenters. The number of benzene rings is 1. The summed E-state index contributed by atoms with van der Waals surface area (Å²) in [5.74, 6) is 2.14. The van der Waals surface area contributed by atoms with Crippen LogP contribution in [0.2, 0.25) is 0 Å². The minimum absolute atomic E-state index is 0.447. The van der Waals surface area contributed by atoms with Gasteiger partial charge in [-0.2, -0.15) is 0 Å². The molecule has 0 bridgehead atoms. The molecule has 1 aliphatic carbocycles. The number of nitrogen functional groups attached to an aromatic ring is 1. The van der Waals surface area contributed by atoms with Gasteiger partial charge in [0.1, 0.15) is 11.3 Å². The first-order chi connectivity index (χ1) is 10.3. The van der Waals surface area contributed by atoms with Crippen molar-refractivity contribution in [3.05, 3.63) is 18.2 Å². The molecule has 114 valence electrons. The summed E-state index contributed by atoms with van der Waals surface area (Å²) in [5, 5.41) is 0. The average Bonchev–Trinajstić information content (AvgIpc) is 2.86. The van der Waals surface area contributed by atoms with Crippen molar-refractivity contribution in [2.45, 2.75) is 51.5 Å². The van der Waals surface area contributed by atoms with Crippen molar-refractivity contribution in [3.8, 4) is 5.75 Å². The molecule has 1 aromatic heterocycles. The average molecular weight is 287 g/mol. The van der Waals surface area contributed by atoms with E-state index < -0.39 is 0 Å². The lowest BCUT2D eigenvalue weighted by Crippen LogP contribution is -2.22. The summed E-state index contributed by atoms with van der Waals surface area (Å²) in [4.78, 5) is 4.56. The van der Waals surface area contributed by atoms with Crippen molar-refractivity contribution in [2.75, 3.05) is 12.8 Å². The Labute approximate surface area is 126 Å². The van der Waals surface area contributed by atoms with E-state index in [9.17, 15) is 0 Å². The zero-order valence-electron chi connectivity index (χ0n) is 13.0. The van der Waals surface area contributed by atoms with Gasteiger partial charge in [-0.25, -0.2) is 4.98 Å². The molecule has 1 aromatic carbocycles. The molecule has 1 atom stereocenters. The summed E-state index contributed by atoms with van der Waals surface area (Å²) in [5.41, 5.74) is 8.24. The highest BCUT2D eigenvalue weighted by molar-refractivity contribution is 5.84. The minimum Gasteiger partial charge on any atom is -0.494 e. The summed E-state index contributed by atoms with van der Waals surface area (Å²) in [6, 6.07) is 6.52. The first-order valence-corrected chi connectivity index (χ1v) is 8.06. The van der Waals surface area contributed by atoms with Gasteiger partial charge in [0.05, 0.1) is 12.6 Å². The smallest absolute Gasteiger partial charge is 0.201 e. The molecule has 2 aromatic rings. The number of hydrogen-bond donors (Lipinski definition) is 1. The fourth-order valence-corrected chi connectivity index (χ4v) is 3.87. The Morgan fingerprint density at radius 2 is 2.10 bits per heavy atom. The topological polar surface area (TPSA) is 53.1 Å². The second kappa shape index (κ2) is 5.96. The lowest BCUT2D eigenvalue weighted by atomic mass is 9.82. The van der Waals surface area contributed by atoms with Crippen molar-refractivity contribution in [1.29, 1.82) is 0 Å². The highest BCUT2D eigenvalue weighted by Crippen LogP contribution is 2.39. The van der Waals surface area contributed by atoms with Crippen LogP contribution in [0.4, 0.5) is 5.95 Å². The third kappa shape index (κ3) is 2.47. The molecule has 1 saturated carbocycles. The van der Waals surface area contributed by atoms with E-state index in [4.69, 9.17) is 10.5 Å². The number of para-hydroxylation sites is 1. The quantitative estimate of drug-likeness (QED) is 0.918. The third-order valence-electron chi connectivity index (χ3n) is 4.87. The van der Waals surface area contributed by atoms with Gasteiger partial charge in [0.25, 0.3) is 0 Å². The van der Waals surface area contributed by atoms with Crippen LogP contribution in [0.3, 0.4) is 0 Å². The van der Waals surface area contributed by atoms with Gasteiger partial charge >= 0.3 is 0 Å². The summed E-state index contributed by atoms with van der Waals surface area (Å²) < 4.78 is 7.67. The SMILES string of the molecule is CCC(C1CCCCC1)n1c(N)nc2c(OC)cccc21. The van der Waals surface area contributed by atoms with Gasteiger partial charge in [0, 0.05) is 6.04 Å². The molecule has 21 heavy (non-hydrogen) atoms. The Morgan fingerprint density at radius 3 is 2.76 bits per heavy atom. The number of rotatable bonds is 4. The standard InChI is InChI=1S/C17H25N3O/c1-3-13(12-8-5-4-6-9-12)20-14-10-7-11-15(21-2)16(14)19-17(20)18/h7,10-13H,3-6,8-9H2,1-2H3,(H2,18,19). The normalized spacial score (nSPS) is 18.0. The molecule has 0 spiro atoms. The number of ether oxygens (including phenoxy) is 1. The molecule has 2 N–H and O–H groups in total. The van der Waals surface area contributed by atoms with Crippen LogP contribution in [0.25, 0.3) is 11.0 Å². The van der Waals surface area contributed by atoms with Crippen LogP contribution in [0.1, 0.15) is 51.5 Å². The zero-order valence-corrected chi connectivity index (χ0v) is 13.0. The second-order valence-electron chi connectivity index (χ2n) is 6.04. The molecular weight excluding hydrogens is 262 g/mol. The number of fused-ring (bicyclic) bond motifs is 1. The van der Waals surface area contributed by atoms with E-state index in [1.165, 1.54) is 32.1 Å². The lowest BCUT2D eigenvalue weighted by molar-refractivity contribution is 0.249. The van der Waals surface area contributed by atoms with Crippen molar-refractivity contribution in [2.24, 2.45) is 5.92 Å². The summed E-state index contributed by atoms with van der Waals surface area (Å²) in [6.07, 6.45) is 7.77. The van der Waals surface area contributed by atoms with E-state index in [-0.39, 0.29) is 0 Å². The van der Waals surface area contributed by atoms with Gasteiger partial charge in [-0.05, 0) is 37.3 Å². The van der Waals surface area contributed by atoms with Crippen LogP contribution in [-0.2, 0) is 0 Å². The molecule has 1 aliphatic rings. The number of nitrogens with zero attached hydrogens (tertiary/aromatic N) is 2. The van der Waals surface area contributed by atoms with Crippen molar-refractivity contribution >= 4 is 17.0 Å². The van der Waals surface area contributed by atoms with Gasteiger partial charge in [-0.15, -0.1) is 0 Å². The predicted octanol–water partition coefficient (Wildman–Crippen LogP) is 4.16. The number of nitrogens with two attached hydrogens (primary N) is 1. The van der Waals surface area contributed by atoms with Crippen LogP contribution in [0.5, 0.6) is 5.75 Å². The van der Waals surface area contributed by atoms with Crippen molar-refractivity contribution in [3.63, 3.8) is 0 Å². The molecule has 1 fully saturated rings. The Balaban J connectivity index is 2.07. The summed E-state index contributed by atoms with van der Waals surface area (Å²) >= 11 is 0. The first kappa shape index (κ1) is 14.2. The Kier molecular flexibility index (Phi) is 4.04. The first-order valence-electron chi connectivity index (χ1n) is 8.06. The highest BCUT2D eigenvalue weighted by Gasteiger charge is 2.27. The maximum absolute atomic E-state index is 6.26. The van der Waals surface area contributed by atoms with Crippen molar-refractivity contribution in [1.82, 2.24) is 9.55 Å².